The minimum atomic E-state index is -3.81. The van der Waals surface area contributed by atoms with Gasteiger partial charge in [0.25, 0.3) is 0 Å². The van der Waals surface area contributed by atoms with Gasteiger partial charge < -0.3 is 0 Å². The van der Waals surface area contributed by atoms with Gasteiger partial charge in [-0.2, -0.15) is 4.31 Å². The van der Waals surface area contributed by atoms with Crippen molar-refractivity contribution in [3.05, 3.63) is 63.6 Å². The molecule has 0 radical (unpaired) electrons. The lowest BCUT2D eigenvalue weighted by Gasteiger charge is -2.22. The van der Waals surface area contributed by atoms with Crippen molar-refractivity contribution in [2.24, 2.45) is 0 Å². The van der Waals surface area contributed by atoms with E-state index in [-0.39, 0.29) is 24.4 Å². The smallest absolute Gasteiger partial charge is 0.244 e. The highest BCUT2D eigenvalue weighted by atomic mass is 79.9. The van der Waals surface area contributed by atoms with Crippen LogP contribution in [-0.4, -0.2) is 30.4 Å². The quantitative estimate of drug-likeness (QED) is 0.504. The Morgan fingerprint density at radius 2 is 1.72 bits per heavy atom. The Kier molecular flexibility index (Phi) is 6.97. The Balaban J connectivity index is 2.30. The van der Waals surface area contributed by atoms with Crippen molar-refractivity contribution >= 4 is 43.5 Å². The summed E-state index contributed by atoms with van der Waals surface area (Å²) >= 11 is 9.12. The van der Waals surface area contributed by atoms with Crippen molar-refractivity contribution in [2.75, 3.05) is 6.54 Å². The van der Waals surface area contributed by atoms with Crippen LogP contribution < -0.4 is 5.48 Å². The normalized spacial score (nSPS) is 11.5. The van der Waals surface area contributed by atoms with Crippen LogP contribution in [0.3, 0.4) is 0 Å². The number of carbonyl (C=O) groups excluding carboxylic acids is 1. The predicted molar refractivity (Wildman–Crippen MR) is 97.7 cm³/mol. The molecule has 0 fully saturated rings. The minimum Gasteiger partial charge on any atom is -0.289 e. The van der Waals surface area contributed by atoms with E-state index in [2.05, 4.69) is 15.9 Å². The van der Waals surface area contributed by atoms with E-state index in [1.165, 1.54) is 21.9 Å². The first kappa shape index (κ1) is 19.9. The van der Waals surface area contributed by atoms with Gasteiger partial charge in [-0.3, -0.25) is 10.0 Å². The largest absolute Gasteiger partial charge is 0.289 e. The van der Waals surface area contributed by atoms with Gasteiger partial charge in [-0.25, -0.2) is 13.9 Å². The van der Waals surface area contributed by atoms with Crippen LogP contribution in [0, 0.1) is 0 Å². The molecule has 0 unspecified atom stereocenters. The second-order valence-corrected chi connectivity index (χ2v) is 8.49. The lowest BCUT2D eigenvalue weighted by Crippen LogP contribution is -2.34. The third-order valence-corrected chi connectivity index (χ3v) is 6.08. The standard InChI is InChI=1S/C16H16BrClN2O4S/c17-13-3-7-15(8-4-13)25(23,24)20(10-9-16(21)19-22)11-12-1-5-14(18)6-2-12/h1-8,22H,9-11H2,(H,19,21). The van der Waals surface area contributed by atoms with E-state index >= 15 is 0 Å². The zero-order valence-electron chi connectivity index (χ0n) is 13.0. The van der Waals surface area contributed by atoms with Gasteiger partial charge >= 0.3 is 0 Å². The van der Waals surface area contributed by atoms with Crippen LogP contribution in [0.5, 0.6) is 0 Å². The summed E-state index contributed by atoms with van der Waals surface area (Å²) < 4.78 is 27.8. The third kappa shape index (κ3) is 5.52. The van der Waals surface area contributed by atoms with Gasteiger partial charge in [-0.05, 0) is 42.0 Å². The van der Waals surface area contributed by atoms with Crippen molar-refractivity contribution in [3.8, 4) is 0 Å². The zero-order valence-corrected chi connectivity index (χ0v) is 16.2. The van der Waals surface area contributed by atoms with Crippen molar-refractivity contribution in [1.29, 1.82) is 0 Å². The monoisotopic (exact) mass is 446 g/mol. The van der Waals surface area contributed by atoms with Crippen LogP contribution in [0.1, 0.15) is 12.0 Å². The molecule has 0 spiro atoms. The average molecular weight is 448 g/mol. The number of amides is 1. The fourth-order valence-corrected chi connectivity index (χ4v) is 3.93. The van der Waals surface area contributed by atoms with Gasteiger partial charge in [0.2, 0.25) is 15.9 Å². The Morgan fingerprint density at radius 1 is 1.12 bits per heavy atom. The molecule has 1 amide bonds. The minimum absolute atomic E-state index is 0.0760. The Hall–Kier alpha value is -1.45. The molecule has 0 heterocycles. The molecule has 2 rings (SSSR count). The van der Waals surface area contributed by atoms with E-state index in [0.717, 1.165) is 10.0 Å². The lowest BCUT2D eigenvalue weighted by molar-refractivity contribution is -0.129. The highest BCUT2D eigenvalue weighted by Gasteiger charge is 2.25. The first-order valence-corrected chi connectivity index (χ1v) is 9.87. The number of nitrogens with zero attached hydrogens (tertiary/aromatic N) is 1. The highest BCUT2D eigenvalue weighted by molar-refractivity contribution is 9.10. The number of hydrogen-bond acceptors (Lipinski definition) is 4. The number of rotatable bonds is 7. The molecule has 0 saturated carbocycles. The number of sulfonamides is 1. The van der Waals surface area contributed by atoms with E-state index in [0.29, 0.717) is 5.02 Å². The van der Waals surface area contributed by atoms with E-state index < -0.39 is 15.9 Å². The molecule has 25 heavy (non-hydrogen) atoms. The second-order valence-electron chi connectivity index (χ2n) is 5.20. The summed E-state index contributed by atoms with van der Waals surface area (Å²) in [6, 6.07) is 13.0. The Labute approximate surface area is 159 Å². The lowest BCUT2D eigenvalue weighted by atomic mass is 10.2. The van der Waals surface area contributed by atoms with E-state index in [1.54, 1.807) is 36.4 Å². The topological polar surface area (TPSA) is 86.7 Å². The SMILES string of the molecule is O=C(CCN(Cc1ccc(Cl)cc1)S(=O)(=O)c1ccc(Br)cc1)NO. The maximum absolute atomic E-state index is 12.9. The summed E-state index contributed by atoms with van der Waals surface area (Å²) in [4.78, 5) is 11.4. The molecule has 0 aromatic heterocycles. The number of nitrogens with one attached hydrogen (secondary N) is 1. The second kappa shape index (κ2) is 8.77. The first-order chi connectivity index (χ1) is 11.8. The molecule has 0 aliphatic heterocycles. The summed E-state index contributed by atoms with van der Waals surface area (Å²) in [5, 5.41) is 9.18. The number of halogens is 2. The summed E-state index contributed by atoms with van der Waals surface area (Å²) in [6.07, 6.45) is -0.167. The van der Waals surface area contributed by atoms with Crippen LogP contribution in [0.4, 0.5) is 0 Å². The van der Waals surface area contributed by atoms with Crippen LogP contribution in [0.2, 0.25) is 5.02 Å². The Bertz CT molecular complexity index is 826. The number of hydrogen-bond donors (Lipinski definition) is 2. The molecule has 0 saturated heterocycles. The van der Waals surface area contributed by atoms with Gasteiger partial charge in [0, 0.05) is 29.0 Å². The molecule has 0 aliphatic carbocycles. The Morgan fingerprint density at radius 3 is 2.28 bits per heavy atom. The van der Waals surface area contributed by atoms with Crippen molar-refractivity contribution in [1.82, 2.24) is 9.79 Å². The van der Waals surface area contributed by atoms with Crippen LogP contribution in [0.25, 0.3) is 0 Å². The summed E-state index contributed by atoms with van der Waals surface area (Å²) in [7, 11) is -3.81. The molecule has 2 aromatic rings. The summed E-state index contributed by atoms with van der Waals surface area (Å²) in [6.45, 7) is 0.00168. The number of carbonyl (C=O) groups is 1. The van der Waals surface area contributed by atoms with Crippen LogP contribution in [0.15, 0.2) is 57.9 Å². The van der Waals surface area contributed by atoms with Crippen LogP contribution >= 0.6 is 27.5 Å². The molecule has 0 bridgehead atoms. The van der Waals surface area contributed by atoms with Crippen LogP contribution in [-0.2, 0) is 21.4 Å². The van der Waals surface area contributed by atoms with E-state index in [9.17, 15) is 13.2 Å². The van der Waals surface area contributed by atoms with E-state index in [4.69, 9.17) is 16.8 Å². The molecule has 134 valence electrons. The number of hydroxylamine groups is 1. The third-order valence-electron chi connectivity index (χ3n) is 3.44. The average Bonchev–Trinajstić information content (AvgIpc) is 2.60. The van der Waals surface area contributed by atoms with Crippen molar-refractivity contribution in [2.45, 2.75) is 17.9 Å². The summed E-state index contributed by atoms with van der Waals surface area (Å²) in [5.74, 6) is -0.660. The van der Waals surface area contributed by atoms with Gasteiger partial charge in [0.1, 0.15) is 0 Å². The number of benzene rings is 2. The van der Waals surface area contributed by atoms with Gasteiger partial charge in [-0.1, -0.05) is 39.7 Å². The molecule has 2 N–H and O–H groups in total. The van der Waals surface area contributed by atoms with Gasteiger partial charge in [0.15, 0.2) is 0 Å². The van der Waals surface area contributed by atoms with Gasteiger partial charge in [0.05, 0.1) is 4.90 Å². The molecule has 9 heteroatoms. The molecular weight excluding hydrogens is 432 g/mol. The maximum Gasteiger partial charge on any atom is 0.244 e. The predicted octanol–water partition coefficient (Wildman–Crippen LogP) is 3.19. The molecule has 6 nitrogen and oxygen atoms in total. The van der Waals surface area contributed by atoms with Crippen molar-refractivity contribution < 1.29 is 18.4 Å². The molecule has 0 atom stereocenters. The van der Waals surface area contributed by atoms with E-state index in [1.807, 2.05) is 0 Å². The molecular formula is C16H16BrClN2O4S. The molecule has 2 aromatic carbocycles. The van der Waals surface area contributed by atoms with Crippen molar-refractivity contribution in [3.63, 3.8) is 0 Å². The highest BCUT2D eigenvalue weighted by Crippen LogP contribution is 2.21. The maximum atomic E-state index is 12.9. The van der Waals surface area contributed by atoms with Gasteiger partial charge in [-0.15, -0.1) is 0 Å². The fourth-order valence-electron chi connectivity index (χ4n) is 2.12. The zero-order chi connectivity index (χ0) is 18.4. The fraction of sp³-hybridized carbons (Fsp3) is 0.188. The molecule has 0 aliphatic rings. The summed E-state index contributed by atoms with van der Waals surface area (Å²) in [5.41, 5.74) is 2.24. The first-order valence-electron chi connectivity index (χ1n) is 7.26.